The van der Waals surface area contributed by atoms with Gasteiger partial charge in [-0.1, -0.05) is 42.5 Å². The Morgan fingerprint density at radius 1 is 1.03 bits per heavy atom. The first-order chi connectivity index (χ1) is 19.0. The Morgan fingerprint density at radius 3 is 2.46 bits per heavy atom. The Bertz CT molecular complexity index is 1490. The van der Waals surface area contributed by atoms with Crippen LogP contribution in [0.25, 0.3) is 11.3 Å². The van der Waals surface area contributed by atoms with Crippen molar-refractivity contribution in [2.45, 2.75) is 19.4 Å². The van der Waals surface area contributed by atoms with Crippen LogP contribution in [-0.2, 0) is 6.61 Å². The van der Waals surface area contributed by atoms with Gasteiger partial charge in [-0.25, -0.2) is 0 Å². The van der Waals surface area contributed by atoms with E-state index in [1.807, 2.05) is 72.8 Å². The van der Waals surface area contributed by atoms with Crippen molar-refractivity contribution in [2.75, 3.05) is 20.8 Å². The zero-order valence-electron chi connectivity index (χ0n) is 22.0. The lowest BCUT2D eigenvalue weighted by Crippen LogP contribution is -2.21. The van der Waals surface area contributed by atoms with Gasteiger partial charge in [-0.15, -0.1) is 5.10 Å². The fourth-order valence-electron chi connectivity index (χ4n) is 4.35. The Balaban J connectivity index is 0.00000112. The molecular formula is C30H30N4O5. The van der Waals surface area contributed by atoms with Crippen LogP contribution in [0.3, 0.4) is 0 Å². The van der Waals surface area contributed by atoms with Gasteiger partial charge in [-0.2, -0.15) is 5.26 Å². The van der Waals surface area contributed by atoms with Crippen molar-refractivity contribution in [1.29, 1.82) is 5.26 Å². The number of allylic oxidation sites excluding steroid dienone is 1. The van der Waals surface area contributed by atoms with Crippen molar-refractivity contribution in [3.05, 3.63) is 101 Å². The number of aliphatic hydroxyl groups is 1. The summed E-state index contributed by atoms with van der Waals surface area (Å²) in [6.45, 7) is 2.18. The largest absolute Gasteiger partial charge is 0.497 e. The number of benzene rings is 3. The van der Waals surface area contributed by atoms with Crippen molar-refractivity contribution in [1.82, 2.24) is 10.2 Å². The summed E-state index contributed by atoms with van der Waals surface area (Å²) in [6.07, 6.45) is 0. The third kappa shape index (κ3) is 5.81. The molecule has 9 heteroatoms. The number of H-pyrrole nitrogens is 1. The Kier molecular flexibility index (Phi) is 8.71. The highest BCUT2D eigenvalue weighted by molar-refractivity contribution is 5.71. The summed E-state index contributed by atoms with van der Waals surface area (Å²) in [6, 6.07) is 25.1. The molecule has 3 aromatic carbocycles. The number of nitrogens with two attached hydrogens (primary N) is 1. The van der Waals surface area contributed by atoms with E-state index < -0.39 is 5.92 Å². The minimum Gasteiger partial charge on any atom is -0.497 e. The van der Waals surface area contributed by atoms with Gasteiger partial charge in [0.25, 0.3) is 0 Å². The Labute approximate surface area is 227 Å². The summed E-state index contributed by atoms with van der Waals surface area (Å²) in [5, 5.41) is 25.0. The fraction of sp³-hybridized carbons (Fsp3) is 0.200. The number of nitrogens with one attached hydrogen (secondary N) is 1. The van der Waals surface area contributed by atoms with E-state index in [0.29, 0.717) is 28.7 Å². The number of hydrogen-bond donors (Lipinski definition) is 3. The first-order valence-corrected chi connectivity index (χ1v) is 12.3. The Hall–Kier alpha value is -4.94. The van der Waals surface area contributed by atoms with Crippen LogP contribution in [0.15, 0.2) is 84.3 Å². The molecular weight excluding hydrogens is 496 g/mol. The zero-order valence-corrected chi connectivity index (χ0v) is 22.0. The molecule has 200 valence electrons. The number of rotatable bonds is 7. The summed E-state index contributed by atoms with van der Waals surface area (Å²) in [4.78, 5) is 0. The molecule has 0 aliphatic carbocycles. The average Bonchev–Trinajstić information content (AvgIpc) is 3.39. The summed E-state index contributed by atoms with van der Waals surface area (Å²) in [7, 11) is 3.22. The van der Waals surface area contributed by atoms with Crippen molar-refractivity contribution in [3.8, 4) is 40.5 Å². The number of methoxy groups -OCH3 is 2. The number of nitrogens with zero attached hydrogens (tertiary/aromatic N) is 2. The molecule has 0 saturated heterocycles. The molecule has 2 heterocycles. The fourth-order valence-corrected chi connectivity index (χ4v) is 4.35. The molecule has 0 fully saturated rings. The molecule has 1 aromatic heterocycles. The number of ether oxygens (including phenoxy) is 4. The van der Waals surface area contributed by atoms with Gasteiger partial charge in [0.2, 0.25) is 11.8 Å². The number of aliphatic hydroxyl groups excluding tert-OH is 1. The summed E-state index contributed by atoms with van der Waals surface area (Å²) < 4.78 is 22.6. The van der Waals surface area contributed by atoms with E-state index in [0.717, 1.165) is 27.9 Å². The van der Waals surface area contributed by atoms with Crippen LogP contribution in [-0.4, -0.2) is 36.1 Å². The third-order valence-corrected chi connectivity index (χ3v) is 6.07. The number of nitriles is 1. The van der Waals surface area contributed by atoms with Gasteiger partial charge in [0.1, 0.15) is 35.5 Å². The number of aromatic amines is 1. The SMILES string of the molecule is CCO.COc1cccc(OCc2cc(C3C(C#N)=C(N)Oc4n[nH]c(-c5ccccc5)c43)ccc2OC)c1. The lowest BCUT2D eigenvalue weighted by Gasteiger charge is -2.25. The van der Waals surface area contributed by atoms with Crippen LogP contribution in [0.1, 0.15) is 29.5 Å². The van der Waals surface area contributed by atoms with E-state index in [1.54, 1.807) is 21.1 Å². The molecule has 0 amide bonds. The molecule has 5 rings (SSSR count). The van der Waals surface area contributed by atoms with E-state index in [1.165, 1.54) is 0 Å². The van der Waals surface area contributed by atoms with E-state index in [4.69, 9.17) is 29.8 Å². The minimum atomic E-state index is -0.491. The molecule has 1 atom stereocenters. The van der Waals surface area contributed by atoms with Crippen LogP contribution < -0.4 is 24.7 Å². The van der Waals surface area contributed by atoms with Gasteiger partial charge in [0, 0.05) is 18.2 Å². The second-order valence-electron chi connectivity index (χ2n) is 8.46. The third-order valence-electron chi connectivity index (χ3n) is 6.07. The lowest BCUT2D eigenvalue weighted by molar-refractivity contribution is 0.294. The van der Waals surface area contributed by atoms with Crippen molar-refractivity contribution in [3.63, 3.8) is 0 Å². The molecule has 0 radical (unpaired) electrons. The molecule has 0 bridgehead atoms. The predicted molar refractivity (Wildman–Crippen MR) is 146 cm³/mol. The molecule has 4 aromatic rings. The smallest absolute Gasteiger partial charge is 0.244 e. The van der Waals surface area contributed by atoms with Crippen LogP contribution >= 0.6 is 0 Å². The predicted octanol–water partition coefficient (Wildman–Crippen LogP) is 4.89. The van der Waals surface area contributed by atoms with E-state index in [-0.39, 0.29) is 19.1 Å². The maximum Gasteiger partial charge on any atom is 0.244 e. The van der Waals surface area contributed by atoms with Crippen molar-refractivity contribution >= 4 is 0 Å². The average molecular weight is 527 g/mol. The first-order valence-electron chi connectivity index (χ1n) is 12.3. The van der Waals surface area contributed by atoms with Gasteiger partial charge >= 0.3 is 0 Å². The van der Waals surface area contributed by atoms with Crippen LogP contribution in [0.4, 0.5) is 0 Å². The summed E-state index contributed by atoms with van der Waals surface area (Å²) >= 11 is 0. The molecule has 1 aliphatic heterocycles. The molecule has 1 unspecified atom stereocenters. The minimum absolute atomic E-state index is 0.0334. The second kappa shape index (κ2) is 12.5. The molecule has 0 spiro atoms. The molecule has 0 saturated carbocycles. The number of hydrogen-bond acceptors (Lipinski definition) is 8. The highest BCUT2D eigenvalue weighted by Gasteiger charge is 2.36. The normalized spacial score (nSPS) is 13.8. The first kappa shape index (κ1) is 27.1. The monoisotopic (exact) mass is 526 g/mol. The van der Waals surface area contributed by atoms with Crippen molar-refractivity contribution < 1.29 is 24.1 Å². The maximum atomic E-state index is 10.0. The second-order valence-corrected chi connectivity index (χ2v) is 8.46. The van der Waals surface area contributed by atoms with E-state index in [2.05, 4.69) is 16.3 Å². The van der Waals surface area contributed by atoms with E-state index >= 15 is 0 Å². The highest BCUT2D eigenvalue weighted by Crippen LogP contribution is 2.46. The van der Waals surface area contributed by atoms with Gasteiger partial charge in [0.05, 0.1) is 31.4 Å². The Morgan fingerprint density at radius 2 is 1.77 bits per heavy atom. The van der Waals surface area contributed by atoms with Crippen LogP contribution in [0.2, 0.25) is 0 Å². The van der Waals surface area contributed by atoms with Gasteiger partial charge in [-0.3, -0.25) is 5.10 Å². The maximum absolute atomic E-state index is 10.0. The lowest BCUT2D eigenvalue weighted by atomic mass is 9.82. The van der Waals surface area contributed by atoms with Gasteiger partial charge in [-0.05, 0) is 42.3 Å². The van der Waals surface area contributed by atoms with Crippen LogP contribution in [0.5, 0.6) is 23.1 Å². The highest BCUT2D eigenvalue weighted by atomic mass is 16.5. The summed E-state index contributed by atoms with van der Waals surface area (Å²) in [5.41, 5.74) is 10.5. The number of fused-ring (bicyclic) bond motifs is 1. The molecule has 9 nitrogen and oxygen atoms in total. The molecule has 1 aliphatic rings. The van der Waals surface area contributed by atoms with Gasteiger partial charge < -0.3 is 29.8 Å². The molecule has 39 heavy (non-hydrogen) atoms. The van der Waals surface area contributed by atoms with Crippen LogP contribution in [0, 0.1) is 11.3 Å². The zero-order chi connectivity index (χ0) is 27.8. The van der Waals surface area contributed by atoms with E-state index in [9.17, 15) is 5.26 Å². The van der Waals surface area contributed by atoms with Gasteiger partial charge in [0.15, 0.2) is 0 Å². The topological polar surface area (TPSA) is 136 Å². The quantitative estimate of drug-likeness (QED) is 0.310. The summed E-state index contributed by atoms with van der Waals surface area (Å²) in [5.74, 6) is 1.93. The number of aromatic nitrogens is 2. The standard InChI is InChI=1S/C28H24N4O4.C2H6O/c1-33-20-9-6-10-21(14-20)35-16-19-13-18(11-12-23(19)34-2)24-22(15-29)27(30)36-28-25(24)26(31-32-28)17-7-4-3-5-8-17;1-2-3/h3-14,24H,16,30H2,1-2H3,(H,31,32);3H,2H2,1H3. The molecule has 4 N–H and O–H groups in total. The van der Waals surface area contributed by atoms with Crippen molar-refractivity contribution in [2.24, 2.45) is 5.73 Å².